The highest BCUT2D eigenvalue weighted by Crippen LogP contribution is 2.37. The lowest BCUT2D eigenvalue weighted by molar-refractivity contribution is -0.384. The predicted molar refractivity (Wildman–Crippen MR) is 73.8 cm³/mol. The molecule has 0 saturated carbocycles. The average molecular weight is 278 g/mol. The molecule has 0 aliphatic carbocycles. The van der Waals surface area contributed by atoms with Crippen LogP contribution in [0, 0.1) is 15.9 Å². The molecular formula is C13H15FN4O2. The first kappa shape index (κ1) is 14.0. The lowest BCUT2D eigenvalue weighted by atomic mass is 9.97. The van der Waals surface area contributed by atoms with Crippen LogP contribution in [0.2, 0.25) is 0 Å². The van der Waals surface area contributed by atoms with E-state index in [-0.39, 0.29) is 17.2 Å². The molecule has 0 radical (unpaired) electrons. The molecule has 7 heteroatoms. The monoisotopic (exact) mass is 278 g/mol. The molecule has 0 atom stereocenters. The van der Waals surface area contributed by atoms with Gasteiger partial charge in [-0.2, -0.15) is 5.10 Å². The van der Waals surface area contributed by atoms with E-state index in [0.29, 0.717) is 11.5 Å². The third-order valence-corrected chi connectivity index (χ3v) is 3.12. The molecule has 1 aromatic carbocycles. The Hall–Kier alpha value is -2.44. The van der Waals surface area contributed by atoms with Gasteiger partial charge < -0.3 is 5.73 Å². The minimum Gasteiger partial charge on any atom is -0.384 e. The third kappa shape index (κ3) is 2.22. The largest absolute Gasteiger partial charge is 0.384 e. The van der Waals surface area contributed by atoms with Crippen LogP contribution in [0.5, 0.6) is 0 Å². The second-order valence-electron chi connectivity index (χ2n) is 4.84. The predicted octanol–water partition coefficient (Wildman–Crippen LogP) is 2.84. The van der Waals surface area contributed by atoms with Crippen molar-refractivity contribution >= 4 is 11.5 Å². The van der Waals surface area contributed by atoms with Gasteiger partial charge in [0.25, 0.3) is 5.69 Å². The van der Waals surface area contributed by atoms with Crippen molar-refractivity contribution in [2.24, 2.45) is 7.05 Å². The average Bonchev–Trinajstić information content (AvgIpc) is 2.65. The molecule has 1 heterocycles. The van der Waals surface area contributed by atoms with Crippen LogP contribution in [0.4, 0.5) is 15.9 Å². The van der Waals surface area contributed by atoms with Crippen LogP contribution in [0.3, 0.4) is 0 Å². The normalized spacial score (nSPS) is 11.1. The van der Waals surface area contributed by atoms with Crippen LogP contribution < -0.4 is 5.73 Å². The molecule has 2 aromatic rings. The number of aromatic nitrogens is 2. The minimum atomic E-state index is -0.657. The molecule has 6 nitrogen and oxygen atoms in total. The molecule has 0 aliphatic heterocycles. The molecule has 2 N–H and O–H groups in total. The first-order chi connectivity index (χ1) is 9.32. The van der Waals surface area contributed by atoms with E-state index in [1.807, 2.05) is 13.8 Å². The summed E-state index contributed by atoms with van der Waals surface area (Å²) in [6, 6.07) is 3.43. The summed E-state index contributed by atoms with van der Waals surface area (Å²) in [7, 11) is 1.67. The zero-order valence-electron chi connectivity index (χ0n) is 11.4. The van der Waals surface area contributed by atoms with Gasteiger partial charge in [0, 0.05) is 12.6 Å². The number of anilines is 1. The summed E-state index contributed by atoms with van der Waals surface area (Å²) in [6.45, 7) is 3.85. The maximum Gasteiger partial charge on any atom is 0.281 e. The highest BCUT2D eigenvalue weighted by atomic mass is 19.1. The van der Waals surface area contributed by atoms with Gasteiger partial charge in [0.15, 0.2) is 0 Å². The Labute approximate surface area is 115 Å². The zero-order valence-corrected chi connectivity index (χ0v) is 11.4. The number of halogens is 1. The second kappa shape index (κ2) is 4.92. The highest BCUT2D eigenvalue weighted by molar-refractivity contribution is 5.76. The van der Waals surface area contributed by atoms with Crippen LogP contribution in [-0.4, -0.2) is 14.7 Å². The van der Waals surface area contributed by atoms with Gasteiger partial charge in [-0.3, -0.25) is 14.8 Å². The Kier molecular flexibility index (Phi) is 3.44. The van der Waals surface area contributed by atoms with Gasteiger partial charge in [-0.15, -0.1) is 0 Å². The number of benzene rings is 1. The fourth-order valence-electron chi connectivity index (χ4n) is 2.18. The molecule has 1 aromatic heterocycles. The van der Waals surface area contributed by atoms with E-state index in [0.717, 1.165) is 11.6 Å². The summed E-state index contributed by atoms with van der Waals surface area (Å²) >= 11 is 0. The number of rotatable bonds is 3. The van der Waals surface area contributed by atoms with E-state index in [4.69, 9.17) is 5.73 Å². The van der Waals surface area contributed by atoms with E-state index in [9.17, 15) is 14.5 Å². The standard InChI is InChI=1S/C13H15FN4O2/c1-7(2)11-12(16-17(3)13(11)15)9-5-4-8(14)6-10(9)18(19)20/h4-7H,15H2,1-3H3. The number of hydrogen-bond donors (Lipinski definition) is 1. The van der Waals surface area contributed by atoms with Crippen LogP contribution in [-0.2, 0) is 7.05 Å². The quantitative estimate of drug-likeness (QED) is 0.690. The van der Waals surface area contributed by atoms with Crippen LogP contribution in [0.25, 0.3) is 11.3 Å². The van der Waals surface area contributed by atoms with Crippen molar-refractivity contribution in [3.63, 3.8) is 0 Å². The van der Waals surface area contributed by atoms with Crippen molar-refractivity contribution in [2.45, 2.75) is 19.8 Å². The first-order valence-corrected chi connectivity index (χ1v) is 6.09. The summed E-state index contributed by atoms with van der Waals surface area (Å²) in [5.74, 6) is -0.160. The number of nitrogen functional groups attached to an aromatic ring is 1. The van der Waals surface area contributed by atoms with Gasteiger partial charge >= 0.3 is 0 Å². The molecule has 2 rings (SSSR count). The highest BCUT2D eigenvalue weighted by Gasteiger charge is 2.25. The van der Waals surface area contributed by atoms with Crippen molar-refractivity contribution in [1.29, 1.82) is 0 Å². The maximum atomic E-state index is 13.2. The fourth-order valence-corrected chi connectivity index (χ4v) is 2.18. The summed E-state index contributed by atoms with van der Waals surface area (Å²) in [4.78, 5) is 10.5. The van der Waals surface area contributed by atoms with Crippen molar-refractivity contribution in [3.8, 4) is 11.3 Å². The molecule has 0 fully saturated rings. The summed E-state index contributed by atoms with van der Waals surface area (Å²) < 4.78 is 14.7. The summed E-state index contributed by atoms with van der Waals surface area (Å²) in [5, 5.41) is 15.3. The number of aryl methyl sites for hydroxylation is 1. The number of nitrogens with two attached hydrogens (primary N) is 1. The van der Waals surface area contributed by atoms with E-state index < -0.39 is 10.7 Å². The van der Waals surface area contributed by atoms with Gasteiger partial charge in [0.1, 0.15) is 17.3 Å². The molecule has 20 heavy (non-hydrogen) atoms. The lowest BCUT2D eigenvalue weighted by Gasteiger charge is -2.07. The molecule has 0 spiro atoms. The Balaban J connectivity index is 2.75. The number of nitrogens with zero attached hydrogens (tertiary/aromatic N) is 3. The van der Waals surface area contributed by atoms with Gasteiger partial charge in [-0.1, -0.05) is 13.8 Å². The number of hydrogen-bond acceptors (Lipinski definition) is 4. The molecular weight excluding hydrogens is 263 g/mol. The minimum absolute atomic E-state index is 0.0448. The second-order valence-corrected chi connectivity index (χ2v) is 4.84. The van der Waals surface area contributed by atoms with Crippen molar-refractivity contribution in [2.75, 3.05) is 5.73 Å². The maximum absolute atomic E-state index is 13.2. The van der Waals surface area contributed by atoms with E-state index in [2.05, 4.69) is 5.10 Å². The van der Waals surface area contributed by atoms with Gasteiger partial charge in [0.05, 0.1) is 16.6 Å². The first-order valence-electron chi connectivity index (χ1n) is 6.09. The van der Waals surface area contributed by atoms with Crippen molar-refractivity contribution in [3.05, 3.63) is 39.7 Å². The Bertz CT molecular complexity index is 679. The van der Waals surface area contributed by atoms with Gasteiger partial charge in [-0.25, -0.2) is 4.39 Å². The molecule has 106 valence electrons. The number of nitro groups is 1. The van der Waals surface area contributed by atoms with Gasteiger partial charge in [-0.05, 0) is 18.1 Å². The fraction of sp³-hybridized carbons (Fsp3) is 0.308. The molecule has 0 aliphatic rings. The molecule has 0 unspecified atom stereocenters. The number of nitro benzene ring substituents is 1. The van der Waals surface area contributed by atoms with Crippen molar-refractivity contribution < 1.29 is 9.31 Å². The molecule has 0 amide bonds. The third-order valence-electron chi connectivity index (χ3n) is 3.12. The van der Waals surface area contributed by atoms with Crippen LogP contribution in [0.1, 0.15) is 25.3 Å². The SMILES string of the molecule is CC(C)c1c(-c2ccc(F)cc2[N+](=O)[O-])nn(C)c1N. The molecule has 0 bridgehead atoms. The smallest absolute Gasteiger partial charge is 0.281 e. The van der Waals surface area contributed by atoms with E-state index in [1.54, 1.807) is 7.05 Å². The van der Waals surface area contributed by atoms with Crippen LogP contribution >= 0.6 is 0 Å². The summed E-state index contributed by atoms with van der Waals surface area (Å²) in [5.41, 5.74) is 7.06. The lowest BCUT2D eigenvalue weighted by Crippen LogP contribution is -2.00. The Morgan fingerprint density at radius 3 is 2.65 bits per heavy atom. The Morgan fingerprint density at radius 1 is 1.45 bits per heavy atom. The summed E-state index contributed by atoms with van der Waals surface area (Å²) in [6.07, 6.45) is 0. The van der Waals surface area contributed by atoms with E-state index >= 15 is 0 Å². The van der Waals surface area contributed by atoms with E-state index in [1.165, 1.54) is 16.8 Å². The zero-order chi connectivity index (χ0) is 15.0. The molecule has 0 saturated heterocycles. The topological polar surface area (TPSA) is 87.0 Å². The van der Waals surface area contributed by atoms with Gasteiger partial charge in [0.2, 0.25) is 0 Å². The Morgan fingerprint density at radius 2 is 2.10 bits per heavy atom. The van der Waals surface area contributed by atoms with Crippen molar-refractivity contribution in [1.82, 2.24) is 9.78 Å². The van der Waals surface area contributed by atoms with Crippen LogP contribution in [0.15, 0.2) is 18.2 Å².